The van der Waals surface area contributed by atoms with Gasteiger partial charge < -0.3 is 19.3 Å². The predicted octanol–water partition coefficient (Wildman–Crippen LogP) is 0.782. The predicted molar refractivity (Wildman–Crippen MR) is 61.2 cm³/mol. The lowest BCUT2D eigenvalue weighted by atomic mass is 10.0. The van der Waals surface area contributed by atoms with Crippen molar-refractivity contribution in [1.29, 1.82) is 5.26 Å². The molecule has 0 aliphatic rings. The molecule has 96 valence electrons. The van der Waals surface area contributed by atoms with Gasteiger partial charge in [-0.05, 0) is 17.7 Å². The number of rotatable bonds is 4. The average molecular weight is 251 g/mol. The summed E-state index contributed by atoms with van der Waals surface area (Å²) in [6.07, 6.45) is -1.47. The number of benzene rings is 1. The molecule has 18 heavy (non-hydrogen) atoms. The fourth-order valence-corrected chi connectivity index (χ4v) is 1.47. The van der Waals surface area contributed by atoms with E-state index in [0.717, 1.165) is 7.11 Å². The zero-order valence-corrected chi connectivity index (χ0v) is 10.3. The Morgan fingerprint density at radius 3 is 2.44 bits per heavy atom. The van der Waals surface area contributed by atoms with Crippen molar-refractivity contribution in [3.8, 4) is 17.6 Å². The minimum absolute atomic E-state index is 0.162. The number of carbonyl (C=O) groups is 1. The number of aliphatic hydroxyl groups excluding tert-OH is 1. The monoisotopic (exact) mass is 251 g/mol. The standard InChI is InChI=1S/C12H13NO5/c1-16-9-5-7(10(14)12(15)18-3)4-8(6-13)11(9)17-2/h4-5,10,14H,1-3H3. The molecule has 6 heteroatoms. The van der Waals surface area contributed by atoms with E-state index in [1.807, 2.05) is 6.07 Å². The molecule has 0 aliphatic heterocycles. The molecule has 1 aromatic carbocycles. The van der Waals surface area contributed by atoms with Gasteiger partial charge in [0.2, 0.25) is 0 Å². The Balaban J connectivity index is 3.32. The van der Waals surface area contributed by atoms with Crippen molar-refractivity contribution in [1.82, 2.24) is 0 Å². The number of carbonyl (C=O) groups excluding carboxylic acids is 1. The number of nitriles is 1. The van der Waals surface area contributed by atoms with Crippen LogP contribution in [0, 0.1) is 11.3 Å². The molecule has 0 radical (unpaired) electrons. The molecule has 0 bridgehead atoms. The van der Waals surface area contributed by atoms with Gasteiger partial charge in [0.1, 0.15) is 6.07 Å². The van der Waals surface area contributed by atoms with Crippen LogP contribution < -0.4 is 9.47 Å². The number of hydrogen-bond donors (Lipinski definition) is 1. The maximum Gasteiger partial charge on any atom is 0.339 e. The van der Waals surface area contributed by atoms with Crippen LogP contribution in [0.4, 0.5) is 0 Å². The van der Waals surface area contributed by atoms with Crippen molar-refractivity contribution >= 4 is 5.97 Å². The molecule has 0 spiro atoms. The molecule has 1 unspecified atom stereocenters. The fraction of sp³-hybridized carbons (Fsp3) is 0.333. The molecule has 0 saturated heterocycles. The first-order valence-corrected chi connectivity index (χ1v) is 5.01. The highest BCUT2D eigenvalue weighted by Crippen LogP contribution is 2.34. The van der Waals surface area contributed by atoms with Crippen molar-refractivity contribution in [3.63, 3.8) is 0 Å². The lowest BCUT2D eigenvalue weighted by molar-refractivity contribution is -0.150. The van der Waals surface area contributed by atoms with Gasteiger partial charge in [-0.2, -0.15) is 5.26 Å². The van der Waals surface area contributed by atoms with E-state index in [0.29, 0.717) is 0 Å². The number of esters is 1. The van der Waals surface area contributed by atoms with Crippen LogP contribution in [0.15, 0.2) is 12.1 Å². The van der Waals surface area contributed by atoms with Crippen LogP contribution in [0.3, 0.4) is 0 Å². The topological polar surface area (TPSA) is 88.8 Å². The summed E-state index contributed by atoms with van der Waals surface area (Å²) in [4.78, 5) is 11.2. The minimum Gasteiger partial charge on any atom is -0.493 e. The largest absolute Gasteiger partial charge is 0.493 e. The molecule has 1 rings (SSSR count). The summed E-state index contributed by atoms with van der Waals surface area (Å²) in [5.41, 5.74) is 0.367. The number of ether oxygens (including phenoxy) is 3. The smallest absolute Gasteiger partial charge is 0.339 e. The van der Waals surface area contributed by atoms with Gasteiger partial charge in [-0.3, -0.25) is 0 Å². The Morgan fingerprint density at radius 1 is 1.33 bits per heavy atom. The molecule has 6 nitrogen and oxygen atoms in total. The van der Waals surface area contributed by atoms with Gasteiger partial charge in [0.25, 0.3) is 0 Å². The average Bonchev–Trinajstić information content (AvgIpc) is 2.43. The second-order valence-corrected chi connectivity index (χ2v) is 3.34. The minimum atomic E-state index is -1.47. The highest BCUT2D eigenvalue weighted by Gasteiger charge is 2.22. The summed E-state index contributed by atoms with van der Waals surface area (Å²) in [6.45, 7) is 0. The third kappa shape index (κ3) is 2.52. The molecular weight excluding hydrogens is 238 g/mol. The van der Waals surface area contributed by atoms with Crippen LogP contribution in [0.25, 0.3) is 0 Å². The van der Waals surface area contributed by atoms with E-state index in [1.165, 1.54) is 26.4 Å². The van der Waals surface area contributed by atoms with Gasteiger partial charge in [0.05, 0.1) is 26.9 Å². The third-order valence-electron chi connectivity index (χ3n) is 2.36. The van der Waals surface area contributed by atoms with Crippen molar-refractivity contribution < 1.29 is 24.1 Å². The van der Waals surface area contributed by atoms with E-state index >= 15 is 0 Å². The van der Waals surface area contributed by atoms with Gasteiger partial charge in [-0.15, -0.1) is 0 Å². The maximum atomic E-state index is 11.2. The Labute approximate surface area is 104 Å². The highest BCUT2D eigenvalue weighted by molar-refractivity contribution is 5.77. The van der Waals surface area contributed by atoms with E-state index in [2.05, 4.69) is 4.74 Å². The second kappa shape index (κ2) is 5.89. The number of methoxy groups -OCH3 is 3. The summed E-state index contributed by atoms with van der Waals surface area (Å²) < 4.78 is 14.5. The summed E-state index contributed by atoms with van der Waals surface area (Å²) >= 11 is 0. The number of hydrogen-bond acceptors (Lipinski definition) is 6. The van der Waals surface area contributed by atoms with Gasteiger partial charge in [0.15, 0.2) is 17.6 Å². The lowest BCUT2D eigenvalue weighted by Crippen LogP contribution is -2.14. The molecule has 0 saturated carbocycles. The summed E-state index contributed by atoms with van der Waals surface area (Å²) in [5, 5.41) is 18.7. The van der Waals surface area contributed by atoms with E-state index in [1.54, 1.807) is 0 Å². The normalized spacial score (nSPS) is 11.3. The molecule has 0 heterocycles. The summed E-state index contributed by atoms with van der Waals surface area (Å²) in [6, 6.07) is 4.67. The van der Waals surface area contributed by atoms with E-state index in [4.69, 9.17) is 14.7 Å². The Kier molecular flexibility index (Phi) is 4.52. The van der Waals surface area contributed by atoms with Crippen molar-refractivity contribution in [2.24, 2.45) is 0 Å². The quantitative estimate of drug-likeness (QED) is 0.795. The summed E-state index contributed by atoms with van der Waals surface area (Å²) in [5.74, 6) is -0.304. The van der Waals surface area contributed by atoms with Crippen LogP contribution in [-0.2, 0) is 9.53 Å². The highest BCUT2D eigenvalue weighted by atomic mass is 16.5. The van der Waals surface area contributed by atoms with Crippen LogP contribution in [0.2, 0.25) is 0 Å². The SMILES string of the molecule is COC(=O)C(O)c1cc(C#N)c(OC)c(OC)c1. The zero-order valence-electron chi connectivity index (χ0n) is 10.3. The lowest BCUT2D eigenvalue weighted by Gasteiger charge is -2.14. The first-order chi connectivity index (χ1) is 8.58. The zero-order chi connectivity index (χ0) is 13.7. The summed E-state index contributed by atoms with van der Waals surface area (Å²) in [7, 11) is 3.96. The molecule has 0 amide bonds. The molecule has 0 fully saturated rings. The van der Waals surface area contributed by atoms with Crippen molar-refractivity contribution in [2.45, 2.75) is 6.10 Å². The first-order valence-electron chi connectivity index (χ1n) is 5.01. The Bertz CT molecular complexity index is 492. The van der Waals surface area contributed by atoms with Gasteiger partial charge >= 0.3 is 5.97 Å². The molecule has 1 N–H and O–H groups in total. The number of aliphatic hydroxyl groups is 1. The molecule has 0 aliphatic carbocycles. The first kappa shape index (κ1) is 13.8. The molecule has 0 aromatic heterocycles. The van der Waals surface area contributed by atoms with Crippen molar-refractivity contribution in [2.75, 3.05) is 21.3 Å². The molecule has 1 atom stereocenters. The van der Waals surface area contributed by atoms with E-state index in [9.17, 15) is 9.90 Å². The fourth-order valence-electron chi connectivity index (χ4n) is 1.47. The van der Waals surface area contributed by atoms with E-state index in [-0.39, 0.29) is 22.6 Å². The van der Waals surface area contributed by atoms with Crippen LogP contribution in [-0.4, -0.2) is 32.4 Å². The number of nitrogens with zero attached hydrogens (tertiary/aromatic N) is 1. The Hall–Kier alpha value is -2.26. The van der Waals surface area contributed by atoms with Crippen LogP contribution in [0.5, 0.6) is 11.5 Å². The van der Waals surface area contributed by atoms with E-state index < -0.39 is 12.1 Å². The van der Waals surface area contributed by atoms with Gasteiger partial charge in [-0.1, -0.05) is 0 Å². The van der Waals surface area contributed by atoms with Gasteiger partial charge in [0, 0.05) is 0 Å². The maximum absolute atomic E-state index is 11.2. The molecular formula is C12H13NO5. The van der Waals surface area contributed by atoms with Crippen LogP contribution in [0.1, 0.15) is 17.2 Å². The Morgan fingerprint density at radius 2 is 2.00 bits per heavy atom. The van der Waals surface area contributed by atoms with Gasteiger partial charge in [-0.25, -0.2) is 4.79 Å². The molecule has 1 aromatic rings. The van der Waals surface area contributed by atoms with Crippen molar-refractivity contribution in [3.05, 3.63) is 23.3 Å². The van der Waals surface area contributed by atoms with Crippen LogP contribution >= 0.6 is 0 Å². The second-order valence-electron chi connectivity index (χ2n) is 3.34. The third-order valence-corrected chi connectivity index (χ3v) is 2.36.